The Labute approximate surface area is 92.9 Å². The van der Waals surface area contributed by atoms with E-state index in [1.165, 1.54) is 12.1 Å². The maximum atomic E-state index is 13.3. The molecule has 0 heterocycles. The Morgan fingerprint density at radius 3 is 2.56 bits per heavy atom. The van der Waals surface area contributed by atoms with Crippen LogP contribution in [-0.2, 0) is 11.2 Å². The van der Waals surface area contributed by atoms with E-state index in [2.05, 4.69) is 0 Å². The standard InChI is InChI=1S/C12H14F2O2/c1-12(2,7-10(15)16)6-8-4-3-5-9(13)11(8)14/h3-5H,6-7H2,1-2H3,(H,15,16). The molecule has 0 bridgehead atoms. The van der Waals surface area contributed by atoms with Gasteiger partial charge in [0.1, 0.15) is 0 Å². The van der Waals surface area contributed by atoms with E-state index in [4.69, 9.17) is 5.11 Å². The van der Waals surface area contributed by atoms with Crippen molar-refractivity contribution in [2.24, 2.45) is 5.41 Å². The van der Waals surface area contributed by atoms with E-state index in [1.54, 1.807) is 13.8 Å². The van der Waals surface area contributed by atoms with Gasteiger partial charge in [-0.1, -0.05) is 26.0 Å². The summed E-state index contributed by atoms with van der Waals surface area (Å²) in [4.78, 5) is 10.6. The van der Waals surface area contributed by atoms with Gasteiger partial charge in [-0.15, -0.1) is 0 Å². The van der Waals surface area contributed by atoms with Gasteiger partial charge in [-0.05, 0) is 23.5 Å². The fourth-order valence-corrected chi connectivity index (χ4v) is 1.67. The van der Waals surface area contributed by atoms with Crippen molar-refractivity contribution >= 4 is 5.97 Å². The third-order valence-electron chi connectivity index (χ3n) is 2.33. The topological polar surface area (TPSA) is 37.3 Å². The highest BCUT2D eigenvalue weighted by Gasteiger charge is 2.24. The number of hydrogen-bond donors (Lipinski definition) is 1. The quantitative estimate of drug-likeness (QED) is 0.860. The molecule has 4 heteroatoms. The van der Waals surface area contributed by atoms with E-state index in [0.29, 0.717) is 0 Å². The van der Waals surface area contributed by atoms with E-state index in [-0.39, 0.29) is 18.4 Å². The number of carboxylic acids is 1. The van der Waals surface area contributed by atoms with Crippen molar-refractivity contribution in [3.63, 3.8) is 0 Å². The van der Waals surface area contributed by atoms with Crippen LogP contribution in [0.3, 0.4) is 0 Å². The highest BCUT2D eigenvalue weighted by Crippen LogP contribution is 2.27. The van der Waals surface area contributed by atoms with Crippen molar-refractivity contribution in [1.29, 1.82) is 0 Å². The lowest BCUT2D eigenvalue weighted by Gasteiger charge is -2.22. The number of hydrogen-bond acceptors (Lipinski definition) is 1. The van der Waals surface area contributed by atoms with Crippen LogP contribution >= 0.6 is 0 Å². The van der Waals surface area contributed by atoms with Gasteiger partial charge in [-0.2, -0.15) is 0 Å². The summed E-state index contributed by atoms with van der Waals surface area (Å²) in [6.45, 7) is 3.43. The summed E-state index contributed by atoms with van der Waals surface area (Å²) in [5, 5.41) is 8.68. The summed E-state index contributed by atoms with van der Waals surface area (Å²) < 4.78 is 26.3. The smallest absolute Gasteiger partial charge is 0.303 e. The Kier molecular flexibility index (Phi) is 3.62. The first-order valence-electron chi connectivity index (χ1n) is 4.96. The lowest BCUT2D eigenvalue weighted by molar-refractivity contribution is -0.139. The van der Waals surface area contributed by atoms with E-state index < -0.39 is 23.0 Å². The zero-order valence-corrected chi connectivity index (χ0v) is 9.26. The number of carbonyl (C=O) groups is 1. The molecule has 0 aromatic heterocycles. The third-order valence-corrected chi connectivity index (χ3v) is 2.33. The van der Waals surface area contributed by atoms with Crippen molar-refractivity contribution in [2.45, 2.75) is 26.7 Å². The van der Waals surface area contributed by atoms with Gasteiger partial charge in [0.05, 0.1) is 6.42 Å². The van der Waals surface area contributed by atoms with Crippen molar-refractivity contribution in [2.75, 3.05) is 0 Å². The predicted octanol–water partition coefficient (Wildman–Crippen LogP) is 3.01. The number of rotatable bonds is 4. The summed E-state index contributed by atoms with van der Waals surface area (Å²) in [6, 6.07) is 3.94. The molecule has 1 N–H and O–H groups in total. The van der Waals surface area contributed by atoms with Crippen molar-refractivity contribution in [1.82, 2.24) is 0 Å². The van der Waals surface area contributed by atoms with Crippen LogP contribution in [0.25, 0.3) is 0 Å². The fourth-order valence-electron chi connectivity index (χ4n) is 1.67. The second kappa shape index (κ2) is 4.60. The first kappa shape index (κ1) is 12.6. The molecule has 16 heavy (non-hydrogen) atoms. The molecule has 1 aromatic carbocycles. The molecule has 0 amide bonds. The molecule has 88 valence electrons. The fraction of sp³-hybridized carbons (Fsp3) is 0.417. The first-order chi connectivity index (χ1) is 7.32. The van der Waals surface area contributed by atoms with Crippen molar-refractivity contribution in [3.05, 3.63) is 35.4 Å². The van der Waals surface area contributed by atoms with E-state index in [9.17, 15) is 13.6 Å². The average molecular weight is 228 g/mol. The number of aliphatic carboxylic acids is 1. The van der Waals surface area contributed by atoms with Gasteiger partial charge >= 0.3 is 5.97 Å². The van der Waals surface area contributed by atoms with Gasteiger partial charge in [0.15, 0.2) is 11.6 Å². The second-order valence-electron chi connectivity index (χ2n) is 4.62. The van der Waals surface area contributed by atoms with Crippen LogP contribution in [0.4, 0.5) is 8.78 Å². The van der Waals surface area contributed by atoms with Gasteiger partial charge in [0.25, 0.3) is 0 Å². The molecular formula is C12H14F2O2. The van der Waals surface area contributed by atoms with Crippen LogP contribution in [0.15, 0.2) is 18.2 Å². The molecule has 0 radical (unpaired) electrons. The van der Waals surface area contributed by atoms with E-state index >= 15 is 0 Å². The van der Waals surface area contributed by atoms with Gasteiger partial charge in [0.2, 0.25) is 0 Å². The molecule has 0 atom stereocenters. The molecule has 0 unspecified atom stereocenters. The highest BCUT2D eigenvalue weighted by atomic mass is 19.2. The van der Waals surface area contributed by atoms with Crippen LogP contribution in [0.1, 0.15) is 25.8 Å². The first-order valence-corrected chi connectivity index (χ1v) is 4.96. The molecule has 0 aliphatic heterocycles. The largest absolute Gasteiger partial charge is 0.481 e. The summed E-state index contributed by atoms with van der Waals surface area (Å²) in [5.41, 5.74) is -0.383. The summed E-state index contributed by atoms with van der Waals surface area (Å²) in [6.07, 6.45) is 0.117. The van der Waals surface area contributed by atoms with E-state index in [0.717, 1.165) is 6.07 Å². The lowest BCUT2D eigenvalue weighted by atomic mass is 9.82. The average Bonchev–Trinajstić information content (AvgIpc) is 2.10. The maximum absolute atomic E-state index is 13.3. The van der Waals surface area contributed by atoms with Gasteiger partial charge in [-0.25, -0.2) is 8.78 Å². The summed E-state index contributed by atoms with van der Waals surface area (Å²) >= 11 is 0. The predicted molar refractivity (Wildman–Crippen MR) is 56.1 cm³/mol. The lowest BCUT2D eigenvalue weighted by Crippen LogP contribution is -2.20. The van der Waals surface area contributed by atoms with Crippen LogP contribution in [0.5, 0.6) is 0 Å². The van der Waals surface area contributed by atoms with Crippen molar-refractivity contribution < 1.29 is 18.7 Å². The molecule has 0 saturated carbocycles. The zero-order valence-electron chi connectivity index (χ0n) is 9.26. The third kappa shape index (κ3) is 3.29. The number of halogens is 2. The molecule has 0 aliphatic carbocycles. The molecule has 0 aliphatic rings. The highest BCUT2D eigenvalue weighted by molar-refractivity contribution is 5.67. The summed E-state index contributed by atoms with van der Waals surface area (Å²) in [5.74, 6) is -2.73. The van der Waals surface area contributed by atoms with Gasteiger partial charge in [-0.3, -0.25) is 4.79 Å². The molecule has 0 spiro atoms. The van der Waals surface area contributed by atoms with Crippen LogP contribution in [0.2, 0.25) is 0 Å². The normalized spacial score (nSPS) is 11.5. The minimum atomic E-state index is -0.943. The minimum absolute atomic E-state index is 0.0804. The second-order valence-corrected chi connectivity index (χ2v) is 4.62. The Hall–Kier alpha value is -1.45. The Bertz CT molecular complexity index is 400. The SMILES string of the molecule is CC(C)(CC(=O)O)Cc1cccc(F)c1F. The zero-order chi connectivity index (χ0) is 12.3. The molecule has 1 aromatic rings. The minimum Gasteiger partial charge on any atom is -0.481 e. The molecule has 1 rings (SSSR count). The molecule has 0 saturated heterocycles. The molecular weight excluding hydrogens is 214 g/mol. The maximum Gasteiger partial charge on any atom is 0.303 e. The number of carboxylic acid groups (broad SMARTS) is 1. The summed E-state index contributed by atoms with van der Waals surface area (Å²) in [7, 11) is 0. The van der Waals surface area contributed by atoms with Crippen molar-refractivity contribution in [3.8, 4) is 0 Å². The van der Waals surface area contributed by atoms with Gasteiger partial charge < -0.3 is 5.11 Å². The number of benzene rings is 1. The molecule has 2 nitrogen and oxygen atoms in total. The van der Waals surface area contributed by atoms with Crippen LogP contribution in [-0.4, -0.2) is 11.1 Å². The van der Waals surface area contributed by atoms with E-state index in [1.807, 2.05) is 0 Å². The Morgan fingerprint density at radius 2 is 2.00 bits per heavy atom. The van der Waals surface area contributed by atoms with Gasteiger partial charge in [0, 0.05) is 0 Å². The Morgan fingerprint density at radius 1 is 1.38 bits per heavy atom. The monoisotopic (exact) mass is 228 g/mol. The Balaban J connectivity index is 2.87. The molecule has 0 fully saturated rings. The van der Waals surface area contributed by atoms with Crippen LogP contribution in [0, 0.1) is 17.0 Å². The van der Waals surface area contributed by atoms with Crippen LogP contribution < -0.4 is 0 Å².